The number of halogens is 3. The molecule has 1 unspecified atom stereocenters. The highest BCUT2D eigenvalue weighted by Gasteiger charge is 2.50. The van der Waals surface area contributed by atoms with Gasteiger partial charge in [0.25, 0.3) is 5.91 Å². The zero-order valence-electron chi connectivity index (χ0n) is 21.2. The third-order valence-electron chi connectivity index (χ3n) is 6.14. The molecule has 0 bridgehead atoms. The normalized spacial score (nSPS) is 17.7. The van der Waals surface area contributed by atoms with Crippen molar-refractivity contribution >= 4 is 22.0 Å². The second-order valence-corrected chi connectivity index (χ2v) is 10.3. The number of rotatable bonds is 7. The maximum absolute atomic E-state index is 13.9. The van der Waals surface area contributed by atoms with Gasteiger partial charge in [-0.3, -0.25) is 9.69 Å². The molecule has 0 saturated heterocycles. The SMILES string of the molecule is COc1cc(OS(C)(=O)=O)cc(-c2cccc(C3(c4ccc(OC)c(C(F)(F)F)c4)N=C(N)N(C)C3=O)c2)c1. The minimum Gasteiger partial charge on any atom is -0.497 e. The molecule has 4 rings (SSSR count). The highest BCUT2D eigenvalue weighted by atomic mass is 32.2. The maximum Gasteiger partial charge on any atom is 0.419 e. The van der Waals surface area contributed by atoms with Crippen LogP contribution in [0.2, 0.25) is 0 Å². The van der Waals surface area contributed by atoms with E-state index in [4.69, 9.17) is 19.4 Å². The number of hydrogen-bond acceptors (Lipinski definition) is 8. The number of ether oxygens (including phenoxy) is 2. The van der Waals surface area contributed by atoms with E-state index in [0.29, 0.717) is 11.1 Å². The molecule has 1 atom stereocenters. The Kier molecular flexibility index (Phi) is 6.98. The average Bonchev–Trinajstić information content (AvgIpc) is 3.11. The fraction of sp³-hybridized carbons (Fsp3) is 0.231. The summed E-state index contributed by atoms with van der Waals surface area (Å²) in [6.45, 7) is 0. The predicted octanol–water partition coefficient (Wildman–Crippen LogP) is 3.76. The molecule has 1 amide bonds. The van der Waals surface area contributed by atoms with Crippen molar-refractivity contribution in [2.75, 3.05) is 27.5 Å². The second kappa shape index (κ2) is 9.80. The molecule has 3 aromatic rings. The highest BCUT2D eigenvalue weighted by molar-refractivity contribution is 7.86. The topological polar surface area (TPSA) is 121 Å². The largest absolute Gasteiger partial charge is 0.497 e. The van der Waals surface area contributed by atoms with Gasteiger partial charge in [-0.1, -0.05) is 24.3 Å². The summed E-state index contributed by atoms with van der Waals surface area (Å²) in [4.78, 5) is 19.1. The van der Waals surface area contributed by atoms with Gasteiger partial charge in [-0.15, -0.1) is 0 Å². The molecule has 206 valence electrons. The number of likely N-dealkylation sites (N-methyl/N-ethyl adjacent to an activating group) is 1. The Morgan fingerprint density at radius 2 is 1.59 bits per heavy atom. The van der Waals surface area contributed by atoms with E-state index in [-0.39, 0.29) is 28.6 Å². The fourth-order valence-corrected chi connectivity index (χ4v) is 4.79. The van der Waals surface area contributed by atoms with Crippen LogP contribution in [-0.2, 0) is 26.6 Å². The zero-order chi connectivity index (χ0) is 28.8. The molecule has 3 aromatic carbocycles. The Morgan fingerprint density at radius 1 is 0.923 bits per heavy atom. The fourth-order valence-electron chi connectivity index (χ4n) is 4.34. The molecule has 0 fully saturated rings. The molecule has 0 spiro atoms. The van der Waals surface area contributed by atoms with E-state index in [0.717, 1.165) is 30.4 Å². The van der Waals surface area contributed by atoms with Crippen LogP contribution < -0.4 is 19.4 Å². The smallest absolute Gasteiger partial charge is 0.419 e. The van der Waals surface area contributed by atoms with Gasteiger partial charge in [0, 0.05) is 13.1 Å². The van der Waals surface area contributed by atoms with Crippen LogP contribution in [0.5, 0.6) is 17.2 Å². The van der Waals surface area contributed by atoms with Gasteiger partial charge < -0.3 is 19.4 Å². The van der Waals surface area contributed by atoms with Gasteiger partial charge in [0.05, 0.1) is 26.0 Å². The Hall–Kier alpha value is -4.26. The lowest BCUT2D eigenvalue weighted by Crippen LogP contribution is -2.41. The van der Waals surface area contributed by atoms with Crippen LogP contribution in [0.1, 0.15) is 16.7 Å². The molecular weight excluding hydrogens is 539 g/mol. The van der Waals surface area contributed by atoms with Gasteiger partial charge in [-0.05, 0) is 52.6 Å². The number of nitrogens with zero attached hydrogens (tertiary/aromatic N) is 2. The van der Waals surface area contributed by atoms with Crippen molar-refractivity contribution in [2.24, 2.45) is 10.7 Å². The number of hydrogen-bond donors (Lipinski definition) is 1. The number of alkyl halides is 3. The summed E-state index contributed by atoms with van der Waals surface area (Å²) in [5, 5.41) is 0. The minimum atomic E-state index is -4.77. The van der Waals surface area contributed by atoms with Gasteiger partial charge in [-0.2, -0.15) is 21.6 Å². The van der Waals surface area contributed by atoms with Crippen LogP contribution in [0, 0.1) is 0 Å². The highest BCUT2D eigenvalue weighted by Crippen LogP contribution is 2.45. The number of nitrogens with two attached hydrogens (primary N) is 1. The van der Waals surface area contributed by atoms with Crippen molar-refractivity contribution in [2.45, 2.75) is 11.7 Å². The molecule has 0 aliphatic carbocycles. The molecule has 1 heterocycles. The molecule has 0 aromatic heterocycles. The number of aliphatic imine (C=N–C) groups is 1. The van der Waals surface area contributed by atoms with Crippen LogP contribution in [0.25, 0.3) is 11.1 Å². The van der Waals surface area contributed by atoms with Crippen LogP contribution in [0.4, 0.5) is 13.2 Å². The van der Waals surface area contributed by atoms with Crippen LogP contribution in [0.15, 0.2) is 65.7 Å². The van der Waals surface area contributed by atoms with Crippen molar-refractivity contribution in [3.05, 3.63) is 77.4 Å². The van der Waals surface area contributed by atoms with Gasteiger partial charge in [-0.25, -0.2) is 4.99 Å². The van der Waals surface area contributed by atoms with Gasteiger partial charge >= 0.3 is 16.3 Å². The Balaban J connectivity index is 1.95. The van der Waals surface area contributed by atoms with Gasteiger partial charge in [0.15, 0.2) is 11.5 Å². The lowest BCUT2D eigenvalue weighted by atomic mass is 9.81. The lowest BCUT2D eigenvalue weighted by Gasteiger charge is -2.27. The predicted molar refractivity (Wildman–Crippen MR) is 137 cm³/mol. The summed E-state index contributed by atoms with van der Waals surface area (Å²) in [5.41, 5.74) is 4.05. The summed E-state index contributed by atoms with van der Waals surface area (Å²) in [7, 11) is 0.0288. The minimum absolute atomic E-state index is 0.0177. The molecular formula is C26H24F3N3O6S. The average molecular weight is 564 g/mol. The first kappa shape index (κ1) is 27.8. The quantitative estimate of drug-likeness (QED) is 0.435. The van der Waals surface area contributed by atoms with Gasteiger partial charge in [0.1, 0.15) is 17.2 Å². The first-order valence-corrected chi connectivity index (χ1v) is 13.1. The van der Waals surface area contributed by atoms with Gasteiger partial charge in [0.2, 0.25) is 0 Å². The molecule has 9 nitrogen and oxygen atoms in total. The number of methoxy groups -OCH3 is 2. The molecule has 0 radical (unpaired) electrons. The van der Waals surface area contributed by atoms with E-state index in [2.05, 4.69) is 4.99 Å². The van der Waals surface area contributed by atoms with E-state index < -0.39 is 39.1 Å². The van der Waals surface area contributed by atoms with Crippen LogP contribution >= 0.6 is 0 Å². The zero-order valence-corrected chi connectivity index (χ0v) is 22.1. The van der Waals surface area contributed by atoms with E-state index in [1.807, 2.05) is 0 Å². The Morgan fingerprint density at radius 3 is 2.15 bits per heavy atom. The number of carbonyl (C=O) groups excluding carboxylic acids is 1. The summed E-state index contributed by atoms with van der Waals surface area (Å²) >= 11 is 0. The Bertz CT molecular complexity index is 1590. The summed E-state index contributed by atoms with van der Waals surface area (Å²) in [5.74, 6) is -0.992. The standard InChI is InChI=1S/C26H24F3N3O6S/c1-32-23(33)25(31-24(32)30,18-8-9-22(37-3)21(13-18)26(27,28)29)17-7-5-6-15(10-17)16-11-19(36-2)14-20(12-16)38-39(4,34)35/h5-14H,1-4H3,(H2,30,31). The number of benzene rings is 3. The van der Waals surface area contributed by atoms with Crippen molar-refractivity contribution < 1.29 is 40.0 Å². The molecule has 13 heteroatoms. The van der Waals surface area contributed by atoms with E-state index in [1.165, 1.54) is 32.4 Å². The van der Waals surface area contributed by atoms with Crippen molar-refractivity contribution in [1.29, 1.82) is 0 Å². The van der Waals surface area contributed by atoms with E-state index in [1.54, 1.807) is 30.3 Å². The Labute approximate surface area is 222 Å². The van der Waals surface area contributed by atoms with Crippen molar-refractivity contribution in [1.82, 2.24) is 4.90 Å². The van der Waals surface area contributed by atoms with E-state index >= 15 is 0 Å². The lowest BCUT2D eigenvalue weighted by molar-refractivity contribution is -0.139. The number of amides is 1. The molecule has 2 N–H and O–H groups in total. The third-order valence-corrected chi connectivity index (χ3v) is 6.63. The maximum atomic E-state index is 13.9. The van der Waals surface area contributed by atoms with Crippen molar-refractivity contribution in [3.8, 4) is 28.4 Å². The number of guanidine groups is 1. The summed E-state index contributed by atoms with van der Waals surface area (Å²) < 4.78 is 80.2. The van der Waals surface area contributed by atoms with E-state index in [9.17, 15) is 26.4 Å². The number of carbonyl (C=O) groups is 1. The molecule has 1 aliphatic rings. The van der Waals surface area contributed by atoms with Crippen LogP contribution in [-0.4, -0.2) is 52.7 Å². The summed E-state index contributed by atoms with van der Waals surface area (Å²) in [6, 6.07) is 14.1. The molecule has 1 aliphatic heterocycles. The molecule has 0 saturated carbocycles. The monoisotopic (exact) mass is 563 g/mol. The van der Waals surface area contributed by atoms with Crippen LogP contribution in [0.3, 0.4) is 0 Å². The third kappa shape index (κ3) is 5.21. The first-order chi connectivity index (χ1) is 18.2. The second-order valence-electron chi connectivity index (χ2n) is 8.72. The first-order valence-electron chi connectivity index (χ1n) is 11.3. The van der Waals surface area contributed by atoms with Crippen molar-refractivity contribution in [3.63, 3.8) is 0 Å². The molecule has 39 heavy (non-hydrogen) atoms. The summed E-state index contributed by atoms with van der Waals surface area (Å²) in [6.07, 6.45) is -3.88.